The average molecular weight is 377 g/mol. The molecule has 3 nitrogen and oxygen atoms in total. The summed E-state index contributed by atoms with van der Waals surface area (Å²) in [5, 5.41) is 2.40. The molecule has 25 heavy (non-hydrogen) atoms. The standard InChI is InChI=1S/C16H12F5NO2S/c17-10-5-6-13(11(18)7-10)24-8-15(23)22-12-3-1-2-4-14(12)25-9-16(19,20)21/h1-7H,8-9H2,(H,22,23). The Hall–Kier alpha value is -2.29. The molecule has 0 bridgehead atoms. The number of alkyl halides is 3. The van der Waals surface area contributed by atoms with E-state index in [2.05, 4.69) is 5.32 Å². The Kier molecular flexibility index (Phi) is 6.24. The predicted octanol–water partition coefficient (Wildman–Crippen LogP) is 4.64. The maximum atomic E-state index is 13.4. The van der Waals surface area contributed by atoms with Crippen LogP contribution in [-0.2, 0) is 4.79 Å². The number of benzene rings is 2. The molecular weight excluding hydrogens is 365 g/mol. The van der Waals surface area contributed by atoms with Crippen molar-refractivity contribution in [1.29, 1.82) is 0 Å². The predicted molar refractivity (Wildman–Crippen MR) is 83.7 cm³/mol. The number of carbonyl (C=O) groups excluding carboxylic acids is 1. The zero-order valence-corrected chi connectivity index (χ0v) is 13.4. The summed E-state index contributed by atoms with van der Waals surface area (Å²) < 4.78 is 68.1. The van der Waals surface area contributed by atoms with Crippen molar-refractivity contribution in [3.05, 3.63) is 54.1 Å². The highest BCUT2D eigenvalue weighted by Gasteiger charge is 2.27. The number of hydrogen-bond donors (Lipinski definition) is 1. The summed E-state index contributed by atoms with van der Waals surface area (Å²) in [5.74, 6) is -3.85. The van der Waals surface area contributed by atoms with E-state index in [1.54, 1.807) is 12.1 Å². The lowest BCUT2D eigenvalue weighted by Crippen LogP contribution is -2.21. The SMILES string of the molecule is O=C(COc1ccc(F)cc1F)Nc1ccccc1SCC(F)(F)F. The van der Waals surface area contributed by atoms with Gasteiger partial charge in [-0.1, -0.05) is 12.1 Å². The van der Waals surface area contributed by atoms with Crippen molar-refractivity contribution in [1.82, 2.24) is 0 Å². The largest absolute Gasteiger partial charge is 0.481 e. The maximum Gasteiger partial charge on any atom is 0.398 e. The molecule has 1 amide bonds. The van der Waals surface area contributed by atoms with Gasteiger partial charge in [0, 0.05) is 11.0 Å². The number of halogens is 5. The smallest absolute Gasteiger partial charge is 0.398 e. The van der Waals surface area contributed by atoms with Crippen LogP contribution in [0.25, 0.3) is 0 Å². The molecule has 0 aliphatic carbocycles. The van der Waals surface area contributed by atoms with Crippen LogP contribution in [0.1, 0.15) is 0 Å². The van der Waals surface area contributed by atoms with Gasteiger partial charge >= 0.3 is 6.18 Å². The molecule has 0 aliphatic heterocycles. The van der Waals surface area contributed by atoms with Crippen LogP contribution < -0.4 is 10.1 Å². The van der Waals surface area contributed by atoms with E-state index >= 15 is 0 Å². The minimum Gasteiger partial charge on any atom is -0.481 e. The number of para-hydroxylation sites is 1. The first kappa shape index (κ1) is 19.0. The highest BCUT2D eigenvalue weighted by Crippen LogP contribution is 2.32. The fraction of sp³-hybridized carbons (Fsp3) is 0.188. The zero-order valence-electron chi connectivity index (χ0n) is 12.6. The van der Waals surface area contributed by atoms with Crippen molar-refractivity contribution in [3.63, 3.8) is 0 Å². The van der Waals surface area contributed by atoms with E-state index in [4.69, 9.17) is 4.74 Å². The molecular formula is C16H12F5NO2S. The molecule has 0 unspecified atom stereocenters. The zero-order chi connectivity index (χ0) is 18.4. The Morgan fingerprint density at radius 3 is 2.52 bits per heavy atom. The highest BCUT2D eigenvalue weighted by atomic mass is 32.2. The van der Waals surface area contributed by atoms with Crippen LogP contribution in [0.4, 0.5) is 27.6 Å². The Morgan fingerprint density at radius 2 is 1.84 bits per heavy atom. The maximum absolute atomic E-state index is 13.4. The van der Waals surface area contributed by atoms with Crippen molar-refractivity contribution in [2.75, 3.05) is 17.7 Å². The molecule has 0 atom stereocenters. The quantitative estimate of drug-likeness (QED) is 0.589. The van der Waals surface area contributed by atoms with E-state index in [0.29, 0.717) is 17.8 Å². The number of carbonyl (C=O) groups is 1. The Balaban J connectivity index is 1.96. The minimum absolute atomic E-state index is 0.185. The number of thioether (sulfide) groups is 1. The van der Waals surface area contributed by atoms with Crippen LogP contribution in [-0.4, -0.2) is 24.4 Å². The van der Waals surface area contributed by atoms with Crippen molar-refractivity contribution >= 4 is 23.4 Å². The average Bonchev–Trinajstić information content (AvgIpc) is 2.52. The van der Waals surface area contributed by atoms with Gasteiger partial charge in [0.15, 0.2) is 18.2 Å². The monoisotopic (exact) mass is 377 g/mol. The molecule has 1 N–H and O–H groups in total. The van der Waals surface area contributed by atoms with Crippen molar-refractivity contribution < 1.29 is 31.5 Å². The van der Waals surface area contributed by atoms with Crippen LogP contribution in [0.15, 0.2) is 47.4 Å². The molecule has 9 heteroatoms. The second kappa shape index (κ2) is 8.19. The Morgan fingerprint density at radius 1 is 1.12 bits per heavy atom. The number of ether oxygens (including phenoxy) is 1. The molecule has 0 saturated heterocycles. The normalized spacial score (nSPS) is 11.2. The summed E-state index contributed by atoms with van der Waals surface area (Å²) in [6, 6.07) is 8.58. The van der Waals surface area contributed by atoms with Gasteiger partial charge in [0.05, 0.1) is 11.4 Å². The van der Waals surface area contributed by atoms with Crippen molar-refractivity contribution in [2.24, 2.45) is 0 Å². The van der Waals surface area contributed by atoms with Gasteiger partial charge in [-0.25, -0.2) is 8.78 Å². The molecule has 0 spiro atoms. The molecule has 0 fully saturated rings. The first-order chi connectivity index (χ1) is 11.7. The molecule has 2 rings (SSSR count). The summed E-state index contributed by atoms with van der Waals surface area (Å²) in [7, 11) is 0. The molecule has 0 aliphatic rings. The second-order valence-corrected chi connectivity index (χ2v) is 5.83. The Labute approximate surface area is 144 Å². The van der Waals surface area contributed by atoms with Gasteiger partial charge in [0.1, 0.15) is 5.82 Å². The van der Waals surface area contributed by atoms with Gasteiger partial charge in [0.25, 0.3) is 5.91 Å². The highest BCUT2D eigenvalue weighted by molar-refractivity contribution is 7.99. The lowest BCUT2D eigenvalue weighted by molar-refractivity contribution is -0.118. The summed E-state index contributed by atoms with van der Waals surface area (Å²) >= 11 is 0.532. The van der Waals surface area contributed by atoms with Gasteiger partial charge < -0.3 is 10.1 Å². The molecule has 2 aromatic rings. The first-order valence-corrected chi connectivity index (χ1v) is 7.89. The van der Waals surface area contributed by atoms with E-state index in [0.717, 1.165) is 12.1 Å². The van der Waals surface area contributed by atoms with E-state index < -0.39 is 36.1 Å². The third-order valence-corrected chi connectivity index (χ3v) is 3.94. The van der Waals surface area contributed by atoms with E-state index in [1.807, 2.05) is 0 Å². The van der Waals surface area contributed by atoms with Crippen LogP contribution in [0.5, 0.6) is 5.75 Å². The lowest BCUT2D eigenvalue weighted by Gasteiger charge is -2.12. The number of rotatable bonds is 6. The number of amides is 1. The van der Waals surface area contributed by atoms with E-state index in [9.17, 15) is 26.7 Å². The topological polar surface area (TPSA) is 38.3 Å². The third-order valence-electron chi connectivity index (χ3n) is 2.81. The van der Waals surface area contributed by atoms with Gasteiger partial charge in [-0.05, 0) is 24.3 Å². The molecule has 0 aromatic heterocycles. The minimum atomic E-state index is -4.34. The number of anilines is 1. The van der Waals surface area contributed by atoms with Crippen LogP contribution in [0.3, 0.4) is 0 Å². The van der Waals surface area contributed by atoms with Crippen LogP contribution >= 0.6 is 11.8 Å². The molecule has 0 radical (unpaired) electrons. The van der Waals surface area contributed by atoms with Gasteiger partial charge in [-0.3, -0.25) is 4.79 Å². The van der Waals surface area contributed by atoms with E-state index in [-0.39, 0.29) is 16.3 Å². The first-order valence-electron chi connectivity index (χ1n) is 6.91. The second-order valence-electron chi connectivity index (χ2n) is 4.81. The number of hydrogen-bond acceptors (Lipinski definition) is 3. The molecule has 134 valence electrons. The summed E-state index contributed by atoms with van der Waals surface area (Å²) in [6.45, 7) is -0.583. The fourth-order valence-electron chi connectivity index (χ4n) is 1.78. The van der Waals surface area contributed by atoms with E-state index in [1.165, 1.54) is 12.1 Å². The summed E-state index contributed by atoms with van der Waals surface area (Å²) in [4.78, 5) is 12.1. The summed E-state index contributed by atoms with van der Waals surface area (Å²) in [5.41, 5.74) is 0.185. The summed E-state index contributed by atoms with van der Waals surface area (Å²) in [6.07, 6.45) is -4.34. The third kappa shape index (κ3) is 6.26. The number of nitrogens with one attached hydrogen (secondary N) is 1. The van der Waals surface area contributed by atoms with Crippen LogP contribution in [0.2, 0.25) is 0 Å². The lowest BCUT2D eigenvalue weighted by atomic mass is 10.3. The molecule has 2 aromatic carbocycles. The molecule has 0 heterocycles. The van der Waals surface area contributed by atoms with Gasteiger partial charge in [-0.2, -0.15) is 13.2 Å². The fourth-order valence-corrected chi connectivity index (χ4v) is 2.55. The molecule has 0 saturated carbocycles. The Bertz CT molecular complexity index is 752. The van der Waals surface area contributed by atoms with Crippen LogP contribution in [0, 0.1) is 11.6 Å². The van der Waals surface area contributed by atoms with Crippen molar-refractivity contribution in [3.8, 4) is 5.75 Å². The van der Waals surface area contributed by atoms with Gasteiger partial charge in [0.2, 0.25) is 0 Å². The van der Waals surface area contributed by atoms with Crippen molar-refractivity contribution in [2.45, 2.75) is 11.1 Å². The van der Waals surface area contributed by atoms with Gasteiger partial charge in [-0.15, -0.1) is 11.8 Å².